The van der Waals surface area contributed by atoms with Crippen molar-refractivity contribution in [1.82, 2.24) is 9.55 Å². The van der Waals surface area contributed by atoms with Crippen molar-refractivity contribution in [2.24, 2.45) is 5.92 Å². The maximum absolute atomic E-state index is 11.5. The summed E-state index contributed by atoms with van der Waals surface area (Å²) >= 11 is 0. The fraction of sp³-hybridized carbons (Fsp3) is 0.600. The Bertz CT molecular complexity index is 513. The first-order chi connectivity index (χ1) is 7.99. The number of rotatable bonds is 5. The first kappa shape index (κ1) is 13.1. The second-order valence-corrected chi connectivity index (χ2v) is 3.87. The van der Waals surface area contributed by atoms with Crippen LogP contribution in [-0.4, -0.2) is 14.5 Å². The third-order valence-corrected chi connectivity index (χ3v) is 2.80. The SMILES string of the molecule is CCC(CC)Cn1cc([N+](=O)[O-])c(=O)[nH]c1=O. The summed E-state index contributed by atoms with van der Waals surface area (Å²) in [4.78, 5) is 34.4. The summed E-state index contributed by atoms with van der Waals surface area (Å²) in [6.07, 6.45) is 2.76. The zero-order chi connectivity index (χ0) is 13.0. The molecule has 94 valence electrons. The molecule has 7 nitrogen and oxygen atoms in total. The number of aromatic amines is 1. The van der Waals surface area contributed by atoms with E-state index in [1.165, 1.54) is 4.57 Å². The first-order valence-electron chi connectivity index (χ1n) is 5.47. The first-order valence-corrected chi connectivity index (χ1v) is 5.47. The lowest BCUT2D eigenvalue weighted by atomic mass is 10.0. The summed E-state index contributed by atoms with van der Waals surface area (Å²) in [5.74, 6) is 0.262. The van der Waals surface area contributed by atoms with Gasteiger partial charge >= 0.3 is 16.9 Å². The Labute approximate surface area is 97.2 Å². The van der Waals surface area contributed by atoms with Gasteiger partial charge in [-0.25, -0.2) is 4.79 Å². The minimum absolute atomic E-state index is 0.262. The van der Waals surface area contributed by atoms with Gasteiger partial charge in [-0.15, -0.1) is 0 Å². The number of aromatic nitrogens is 2. The van der Waals surface area contributed by atoms with Crippen molar-refractivity contribution in [3.05, 3.63) is 37.1 Å². The molecule has 1 rings (SSSR count). The number of nitrogens with zero attached hydrogens (tertiary/aromatic N) is 2. The zero-order valence-corrected chi connectivity index (χ0v) is 9.80. The molecule has 1 aromatic rings. The van der Waals surface area contributed by atoms with Crippen LogP contribution in [-0.2, 0) is 6.54 Å². The van der Waals surface area contributed by atoms with E-state index in [1.54, 1.807) is 0 Å². The maximum atomic E-state index is 11.5. The molecule has 0 aliphatic carbocycles. The number of hydrogen-bond acceptors (Lipinski definition) is 4. The van der Waals surface area contributed by atoms with Gasteiger partial charge < -0.3 is 0 Å². The van der Waals surface area contributed by atoms with E-state index in [-0.39, 0.29) is 5.92 Å². The molecular formula is C10H15N3O4. The molecule has 0 radical (unpaired) electrons. The van der Waals surface area contributed by atoms with Crippen LogP contribution < -0.4 is 11.2 Å². The normalized spacial score (nSPS) is 10.8. The summed E-state index contributed by atoms with van der Waals surface area (Å²) in [5.41, 5.74) is -2.16. The van der Waals surface area contributed by atoms with Crippen LogP contribution in [0.1, 0.15) is 26.7 Å². The molecule has 0 atom stereocenters. The summed E-state index contributed by atoms with van der Waals surface area (Å²) in [5, 5.41) is 10.6. The van der Waals surface area contributed by atoms with E-state index < -0.39 is 21.9 Å². The number of hydrogen-bond donors (Lipinski definition) is 1. The van der Waals surface area contributed by atoms with Crippen LogP contribution in [0, 0.1) is 16.0 Å². The van der Waals surface area contributed by atoms with Gasteiger partial charge in [0.1, 0.15) is 0 Å². The van der Waals surface area contributed by atoms with E-state index in [4.69, 9.17) is 0 Å². The average Bonchev–Trinajstić information content (AvgIpc) is 2.27. The van der Waals surface area contributed by atoms with Gasteiger partial charge in [-0.1, -0.05) is 26.7 Å². The maximum Gasteiger partial charge on any atom is 0.350 e. The largest absolute Gasteiger partial charge is 0.350 e. The summed E-state index contributed by atoms with van der Waals surface area (Å²) in [6.45, 7) is 4.35. The van der Waals surface area contributed by atoms with Gasteiger partial charge in [-0.3, -0.25) is 24.5 Å². The summed E-state index contributed by atoms with van der Waals surface area (Å²) in [6, 6.07) is 0. The smallest absolute Gasteiger partial charge is 0.293 e. The fourth-order valence-electron chi connectivity index (χ4n) is 1.59. The number of H-pyrrole nitrogens is 1. The van der Waals surface area contributed by atoms with Crippen molar-refractivity contribution in [2.75, 3.05) is 0 Å². The molecular weight excluding hydrogens is 226 g/mol. The Hall–Kier alpha value is -1.92. The molecule has 0 aliphatic rings. The molecule has 0 fully saturated rings. The fourth-order valence-corrected chi connectivity index (χ4v) is 1.59. The summed E-state index contributed by atoms with van der Waals surface area (Å²) in [7, 11) is 0. The standard InChI is InChI=1S/C10H15N3O4/c1-3-7(4-2)5-12-6-8(13(16)17)9(14)11-10(12)15/h6-7H,3-5H2,1-2H3,(H,11,14,15). The van der Waals surface area contributed by atoms with Crippen molar-refractivity contribution in [2.45, 2.75) is 33.2 Å². The van der Waals surface area contributed by atoms with Gasteiger partial charge in [0.2, 0.25) is 0 Å². The van der Waals surface area contributed by atoms with Crippen LogP contribution in [0.5, 0.6) is 0 Å². The lowest BCUT2D eigenvalue weighted by molar-refractivity contribution is -0.386. The number of nitrogens with one attached hydrogen (secondary N) is 1. The van der Waals surface area contributed by atoms with Gasteiger partial charge in [0.05, 0.1) is 11.1 Å². The Balaban J connectivity index is 3.16. The second kappa shape index (κ2) is 5.42. The Morgan fingerprint density at radius 2 is 2.00 bits per heavy atom. The highest BCUT2D eigenvalue weighted by atomic mass is 16.6. The molecule has 0 saturated carbocycles. The molecule has 1 N–H and O–H groups in total. The van der Waals surface area contributed by atoms with Crippen LogP contribution in [0.25, 0.3) is 0 Å². The molecule has 0 aliphatic heterocycles. The van der Waals surface area contributed by atoms with Crippen molar-refractivity contribution in [1.29, 1.82) is 0 Å². The van der Waals surface area contributed by atoms with E-state index >= 15 is 0 Å². The molecule has 0 saturated heterocycles. The highest BCUT2D eigenvalue weighted by Crippen LogP contribution is 2.10. The van der Waals surface area contributed by atoms with E-state index in [2.05, 4.69) is 0 Å². The highest BCUT2D eigenvalue weighted by molar-refractivity contribution is 5.20. The monoisotopic (exact) mass is 241 g/mol. The van der Waals surface area contributed by atoms with Crippen molar-refractivity contribution in [3.8, 4) is 0 Å². The Kier molecular flexibility index (Phi) is 4.19. The Morgan fingerprint density at radius 3 is 2.47 bits per heavy atom. The van der Waals surface area contributed by atoms with Crippen molar-refractivity contribution >= 4 is 5.69 Å². The average molecular weight is 241 g/mol. The zero-order valence-electron chi connectivity index (χ0n) is 9.80. The van der Waals surface area contributed by atoms with Crippen LogP contribution >= 0.6 is 0 Å². The molecule has 1 heterocycles. The molecule has 0 amide bonds. The van der Waals surface area contributed by atoms with E-state index in [1.807, 2.05) is 18.8 Å². The molecule has 0 unspecified atom stereocenters. The van der Waals surface area contributed by atoms with E-state index in [9.17, 15) is 19.7 Å². The lowest BCUT2D eigenvalue weighted by Crippen LogP contribution is -2.32. The van der Waals surface area contributed by atoms with Crippen LogP contribution in [0.15, 0.2) is 15.8 Å². The minimum atomic E-state index is -0.958. The summed E-state index contributed by atoms with van der Waals surface area (Å²) < 4.78 is 1.19. The van der Waals surface area contributed by atoms with Gasteiger partial charge in [0.25, 0.3) is 0 Å². The molecule has 1 aromatic heterocycles. The third-order valence-electron chi connectivity index (χ3n) is 2.80. The predicted molar refractivity (Wildman–Crippen MR) is 62.0 cm³/mol. The molecule has 0 spiro atoms. The number of nitro groups is 1. The quantitative estimate of drug-likeness (QED) is 0.611. The minimum Gasteiger partial charge on any atom is -0.293 e. The Morgan fingerprint density at radius 1 is 1.41 bits per heavy atom. The van der Waals surface area contributed by atoms with Crippen molar-refractivity contribution in [3.63, 3.8) is 0 Å². The van der Waals surface area contributed by atoms with Crippen molar-refractivity contribution < 1.29 is 4.92 Å². The van der Waals surface area contributed by atoms with Gasteiger partial charge in [-0.05, 0) is 5.92 Å². The molecule has 7 heteroatoms. The second-order valence-electron chi connectivity index (χ2n) is 3.87. The van der Waals surface area contributed by atoms with Crippen LogP contribution in [0.4, 0.5) is 5.69 Å². The van der Waals surface area contributed by atoms with Gasteiger partial charge in [-0.2, -0.15) is 0 Å². The van der Waals surface area contributed by atoms with Crippen LogP contribution in [0.3, 0.4) is 0 Å². The van der Waals surface area contributed by atoms with Crippen LogP contribution in [0.2, 0.25) is 0 Å². The topological polar surface area (TPSA) is 98.0 Å². The molecule has 0 bridgehead atoms. The highest BCUT2D eigenvalue weighted by Gasteiger charge is 2.16. The van der Waals surface area contributed by atoms with E-state index in [0.29, 0.717) is 6.54 Å². The van der Waals surface area contributed by atoms with Gasteiger partial charge in [0, 0.05) is 6.54 Å². The predicted octanol–water partition coefficient (Wildman–Crippen LogP) is 0.881. The lowest BCUT2D eigenvalue weighted by Gasteiger charge is -2.13. The van der Waals surface area contributed by atoms with Gasteiger partial charge in [0.15, 0.2) is 0 Å². The molecule has 0 aromatic carbocycles. The van der Waals surface area contributed by atoms with E-state index in [0.717, 1.165) is 19.0 Å². The molecule has 17 heavy (non-hydrogen) atoms. The third kappa shape index (κ3) is 3.02.